The molecular weight excluding hydrogens is 322 g/mol. The summed E-state index contributed by atoms with van der Waals surface area (Å²) >= 11 is 0. The average molecular weight is 351 g/mol. The summed E-state index contributed by atoms with van der Waals surface area (Å²) in [7, 11) is 0. The Morgan fingerprint density at radius 3 is 2.46 bits per heavy atom. The van der Waals surface area contributed by atoms with Crippen molar-refractivity contribution in [2.24, 2.45) is 0 Å². The van der Waals surface area contributed by atoms with Crippen LogP contribution in [0.3, 0.4) is 0 Å². The van der Waals surface area contributed by atoms with Crippen LogP contribution in [0.1, 0.15) is 55.3 Å². The first-order valence-corrected chi connectivity index (χ1v) is 10.0. The first-order valence-electron chi connectivity index (χ1n) is 10.0. The van der Waals surface area contributed by atoms with Gasteiger partial charge in [0, 0.05) is 13.1 Å². The summed E-state index contributed by atoms with van der Waals surface area (Å²) < 4.78 is 12.7. The standard InChI is InChI=1S/C23H29NO2/c1-3-9-18(10-4-1)20-13-7-8-14-21(20)26-23(19-11-5-2-6-12-19)22-17-24-15-16-25-22/h2,5-8,11-14,18,22-24H,1,3-4,9-10,15-17H2/t22-,23-/m0/s1. The van der Waals surface area contributed by atoms with Gasteiger partial charge in [-0.15, -0.1) is 0 Å². The Morgan fingerprint density at radius 1 is 0.923 bits per heavy atom. The number of hydrogen-bond donors (Lipinski definition) is 1. The second kappa shape index (κ2) is 8.70. The van der Waals surface area contributed by atoms with Gasteiger partial charge in [-0.25, -0.2) is 0 Å². The highest BCUT2D eigenvalue weighted by atomic mass is 16.5. The van der Waals surface area contributed by atoms with E-state index in [1.807, 2.05) is 0 Å². The maximum absolute atomic E-state index is 6.66. The molecule has 1 saturated heterocycles. The quantitative estimate of drug-likeness (QED) is 0.836. The van der Waals surface area contributed by atoms with E-state index < -0.39 is 0 Å². The molecule has 0 aromatic heterocycles. The fourth-order valence-corrected chi connectivity index (χ4v) is 4.26. The first kappa shape index (κ1) is 17.6. The molecule has 1 aliphatic carbocycles. The monoisotopic (exact) mass is 351 g/mol. The Bertz CT molecular complexity index is 676. The largest absolute Gasteiger partial charge is 0.483 e. The van der Waals surface area contributed by atoms with Crippen LogP contribution < -0.4 is 10.1 Å². The fourth-order valence-electron chi connectivity index (χ4n) is 4.26. The van der Waals surface area contributed by atoms with Crippen molar-refractivity contribution in [2.75, 3.05) is 19.7 Å². The molecule has 1 saturated carbocycles. The third-order valence-electron chi connectivity index (χ3n) is 5.64. The predicted molar refractivity (Wildman–Crippen MR) is 105 cm³/mol. The number of morpholine rings is 1. The first-order chi connectivity index (χ1) is 12.9. The van der Waals surface area contributed by atoms with Gasteiger partial charge in [0.2, 0.25) is 0 Å². The Kier molecular flexibility index (Phi) is 5.88. The summed E-state index contributed by atoms with van der Waals surface area (Å²) in [5.41, 5.74) is 2.55. The summed E-state index contributed by atoms with van der Waals surface area (Å²) in [6.07, 6.45) is 6.52. The van der Waals surface area contributed by atoms with Crippen LogP contribution in [0, 0.1) is 0 Å². The van der Waals surface area contributed by atoms with Crippen molar-refractivity contribution in [3.63, 3.8) is 0 Å². The van der Waals surface area contributed by atoms with Gasteiger partial charge >= 0.3 is 0 Å². The minimum absolute atomic E-state index is 0.0329. The van der Waals surface area contributed by atoms with Crippen molar-refractivity contribution < 1.29 is 9.47 Å². The Hall–Kier alpha value is -1.84. The van der Waals surface area contributed by atoms with Crippen molar-refractivity contribution in [3.8, 4) is 5.75 Å². The van der Waals surface area contributed by atoms with Gasteiger partial charge in [-0.1, -0.05) is 67.8 Å². The van der Waals surface area contributed by atoms with Crippen LogP contribution in [-0.4, -0.2) is 25.8 Å². The van der Waals surface area contributed by atoms with E-state index in [0.29, 0.717) is 5.92 Å². The minimum atomic E-state index is -0.0891. The molecule has 0 amide bonds. The molecule has 1 heterocycles. The molecule has 138 valence electrons. The van der Waals surface area contributed by atoms with Crippen molar-refractivity contribution >= 4 is 0 Å². The SMILES string of the molecule is c1ccc([C@H](Oc2ccccc2C2CCCCC2)[C@@H]2CNCCO2)cc1. The van der Waals surface area contributed by atoms with Gasteiger partial charge in [0.05, 0.1) is 6.61 Å². The van der Waals surface area contributed by atoms with E-state index in [0.717, 1.165) is 25.4 Å². The molecule has 3 nitrogen and oxygen atoms in total. The third kappa shape index (κ3) is 4.11. The summed E-state index contributed by atoms with van der Waals surface area (Å²) in [5, 5.41) is 3.44. The molecule has 1 N–H and O–H groups in total. The van der Waals surface area contributed by atoms with E-state index in [2.05, 4.69) is 59.9 Å². The molecule has 0 spiro atoms. The molecule has 2 aliphatic rings. The van der Waals surface area contributed by atoms with Gasteiger partial charge in [-0.3, -0.25) is 0 Å². The van der Waals surface area contributed by atoms with Crippen molar-refractivity contribution in [1.29, 1.82) is 0 Å². The van der Waals surface area contributed by atoms with Crippen LogP contribution in [0.15, 0.2) is 54.6 Å². The second-order valence-electron chi connectivity index (χ2n) is 7.44. The van der Waals surface area contributed by atoms with Crippen LogP contribution >= 0.6 is 0 Å². The van der Waals surface area contributed by atoms with E-state index in [4.69, 9.17) is 9.47 Å². The van der Waals surface area contributed by atoms with E-state index in [1.54, 1.807) is 0 Å². The Morgan fingerprint density at radius 2 is 1.69 bits per heavy atom. The van der Waals surface area contributed by atoms with Crippen LogP contribution in [0.5, 0.6) is 5.75 Å². The lowest BCUT2D eigenvalue weighted by atomic mass is 9.83. The normalized spacial score (nSPS) is 22.7. The van der Waals surface area contributed by atoms with Gasteiger partial charge in [-0.2, -0.15) is 0 Å². The summed E-state index contributed by atoms with van der Waals surface area (Å²) in [6, 6.07) is 19.1. The number of ether oxygens (including phenoxy) is 2. The molecule has 0 unspecified atom stereocenters. The minimum Gasteiger partial charge on any atom is -0.483 e. The third-order valence-corrected chi connectivity index (χ3v) is 5.64. The van der Waals surface area contributed by atoms with Crippen molar-refractivity contribution in [1.82, 2.24) is 5.32 Å². The summed E-state index contributed by atoms with van der Waals surface area (Å²) in [5.74, 6) is 1.66. The maximum Gasteiger partial charge on any atom is 0.151 e. The molecule has 0 bridgehead atoms. The molecule has 3 heteroatoms. The molecule has 2 atom stereocenters. The zero-order chi connectivity index (χ0) is 17.6. The highest BCUT2D eigenvalue weighted by molar-refractivity contribution is 5.37. The number of benzene rings is 2. The number of para-hydroxylation sites is 1. The van der Waals surface area contributed by atoms with E-state index >= 15 is 0 Å². The van der Waals surface area contributed by atoms with Crippen molar-refractivity contribution in [2.45, 2.75) is 50.2 Å². The zero-order valence-electron chi connectivity index (χ0n) is 15.4. The van der Waals surface area contributed by atoms with Gasteiger partial charge in [-0.05, 0) is 36.0 Å². The van der Waals surface area contributed by atoms with Crippen LogP contribution in [0.4, 0.5) is 0 Å². The number of nitrogens with one attached hydrogen (secondary N) is 1. The van der Waals surface area contributed by atoms with E-state index in [-0.39, 0.29) is 12.2 Å². The van der Waals surface area contributed by atoms with Gasteiger partial charge in [0.1, 0.15) is 11.9 Å². The summed E-state index contributed by atoms with van der Waals surface area (Å²) in [4.78, 5) is 0. The average Bonchev–Trinajstić information content (AvgIpc) is 2.74. The maximum atomic E-state index is 6.66. The highest BCUT2D eigenvalue weighted by Crippen LogP contribution is 2.39. The predicted octanol–water partition coefficient (Wildman–Crippen LogP) is 4.84. The van der Waals surface area contributed by atoms with Gasteiger partial charge < -0.3 is 14.8 Å². The number of rotatable bonds is 5. The smallest absolute Gasteiger partial charge is 0.151 e. The topological polar surface area (TPSA) is 30.5 Å². The Labute approximate surface area is 156 Å². The molecule has 2 aromatic carbocycles. The zero-order valence-corrected chi connectivity index (χ0v) is 15.4. The van der Waals surface area contributed by atoms with Gasteiger partial charge in [0.15, 0.2) is 6.10 Å². The summed E-state index contributed by atoms with van der Waals surface area (Å²) in [6.45, 7) is 2.48. The molecule has 2 fully saturated rings. The number of hydrogen-bond acceptors (Lipinski definition) is 3. The molecule has 0 radical (unpaired) electrons. The molecular formula is C23H29NO2. The molecule has 1 aliphatic heterocycles. The van der Waals surface area contributed by atoms with Crippen molar-refractivity contribution in [3.05, 3.63) is 65.7 Å². The second-order valence-corrected chi connectivity index (χ2v) is 7.44. The fraction of sp³-hybridized carbons (Fsp3) is 0.478. The lowest BCUT2D eigenvalue weighted by Gasteiger charge is -2.33. The van der Waals surface area contributed by atoms with E-state index in [9.17, 15) is 0 Å². The van der Waals surface area contributed by atoms with Gasteiger partial charge in [0.25, 0.3) is 0 Å². The molecule has 4 rings (SSSR count). The highest BCUT2D eigenvalue weighted by Gasteiger charge is 2.29. The van der Waals surface area contributed by atoms with Crippen LogP contribution in [0.25, 0.3) is 0 Å². The van der Waals surface area contributed by atoms with E-state index in [1.165, 1.54) is 43.2 Å². The Balaban J connectivity index is 1.61. The molecule has 26 heavy (non-hydrogen) atoms. The lowest BCUT2D eigenvalue weighted by molar-refractivity contribution is -0.0436. The lowest BCUT2D eigenvalue weighted by Crippen LogP contribution is -2.43. The van der Waals surface area contributed by atoms with Crippen LogP contribution in [-0.2, 0) is 4.74 Å². The van der Waals surface area contributed by atoms with Crippen LogP contribution in [0.2, 0.25) is 0 Å². The molecule has 2 aromatic rings.